The van der Waals surface area contributed by atoms with E-state index in [2.05, 4.69) is 31.6 Å². The van der Waals surface area contributed by atoms with Gasteiger partial charge in [-0.2, -0.15) is 0 Å². The molecule has 1 atom stereocenters. The van der Waals surface area contributed by atoms with Crippen molar-refractivity contribution in [2.75, 3.05) is 13.1 Å². The van der Waals surface area contributed by atoms with Crippen molar-refractivity contribution in [1.82, 2.24) is 0 Å². The number of unbranched alkanes of at least 4 members (excludes halogenated alkanes) is 6. The summed E-state index contributed by atoms with van der Waals surface area (Å²) in [5.74, 6) is 0.851. The molecule has 0 aliphatic rings. The van der Waals surface area contributed by atoms with Gasteiger partial charge in [-0.15, -0.1) is 0 Å². The minimum atomic E-state index is 0.833. The van der Waals surface area contributed by atoms with E-state index in [4.69, 9.17) is 5.73 Å². The normalized spacial score (nSPS) is 13.1. The number of allylic oxidation sites excluding steroid dienone is 2. The predicted molar refractivity (Wildman–Crippen MR) is 120 cm³/mol. The summed E-state index contributed by atoms with van der Waals surface area (Å²) in [5.41, 5.74) is 7.44. The van der Waals surface area contributed by atoms with E-state index in [-0.39, 0.29) is 0 Å². The number of nitrogens with zero attached hydrogens (tertiary/aromatic N) is 1. The molecule has 2 N–H and O–H groups in total. The molecule has 0 bridgehead atoms. The van der Waals surface area contributed by atoms with Crippen molar-refractivity contribution in [3.8, 4) is 0 Å². The fourth-order valence-electron chi connectivity index (χ4n) is 3.75. The van der Waals surface area contributed by atoms with Gasteiger partial charge in [0, 0.05) is 6.54 Å². The largest absolute Gasteiger partial charge is 0.330 e. The van der Waals surface area contributed by atoms with Crippen LogP contribution < -0.4 is 5.73 Å². The lowest BCUT2D eigenvalue weighted by atomic mass is 9.91. The fraction of sp³-hybridized carbons (Fsp3) is 0.875. The molecule has 0 rings (SSSR count). The molecule has 0 aliphatic heterocycles. The van der Waals surface area contributed by atoms with E-state index < -0.39 is 0 Å². The molecular weight excluding hydrogens is 316 g/mol. The van der Waals surface area contributed by atoms with Gasteiger partial charge in [-0.05, 0) is 77.0 Å². The zero-order valence-corrected chi connectivity index (χ0v) is 18.1. The van der Waals surface area contributed by atoms with Crippen molar-refractivity contribution in [3.63, 3.8) is 0 Å². The maximum atomic E-state index is 5.71. The molecule has 0 aliphatic carbocycles. The summed E-state index contributed by atoms with van der Waals surface area (Å²) in [6.07, 6.45) is 23.8. The Morgan fingerprint density at radius 3 is 2.12 bits per heavy atom. The quantitative estimate of drug-likeness (QED) is 0.136. The van der Waals surface area contributed by atoms with Crippen LogP contribution in [0.2, 0.25) is 0 Å². The Kier molecular flexibility index (Phi) is 20.2. The van der Waals surface area contributed by atoms with Gasteiger partial charge in [0.05, 0.1) is 0 Å². The van der Waals surface area contributed by atoms with Crippen molar-refractivity contribution in [2.24, 2.45) is 16.6 Å². The summed E-state index contributed by atoms with van der Waals surface area (Å²) >= 11 is 0. The van der Waals surface area contributed by atoms with Crippen molar-refractivity contribution in [3.05, 3.63) is 11.6 Å². The molecule has 0 spiro atoms. The molecule has 0 radical (unpaired) electrons. The first kappa shape index (κ1) is 25.4. The minimum Gasteiger partial charge on any atom is -0.330 e. The van der Waals surface area contributed by atoms with Crippen LogP contribution in [-0.2, 0) is 0 Å². The molecule has 0 heterocycles. The zero-order chi connectivity index (χ0) is 19.3. The second-order valence-electron chi connectivity index (χ2n) is 7.95. The molecule has 0 amide bonds. The second kappa shape index (κ2) is 20.7. The Bertz CT molecular complexity index is 322. The number of aliphatic imine (C=N–C) groups is 1. The molecule has 2 heteroatoms. The first-order valence-corrected chi connectivity index (χ1v) is 11.6. The van der Waals surface area contributed by atoms with Gasteiger partial charge in [0.15, 0.2) is 0 Å². The average molecular weight is 365 g/mol. The SMILES string of the molecule is C=NCCCC(CCCN)CCCCCC(=CCCC)CCCCCC. The summed E-state index contributed by atoms with van der Waals surface area (Å²) in [4.78, 5) is 4.00. The predicted octanol–water partition coefficient (Wildman–Crippen LogP) is 7.47. The highest BCUT2D eigenvalue weighted by Gasteiger charge is 2.08. The molecule has 26 heavy (non-hydrogen) atoms. The van der Waals surface area contributed by atoms with Gasteiger partial charge in [0.1, 0.15) is 0 Å². The summed E-state index contributed by atoms with van der Waals surface area (Å²) < 4.78 is 0. The highest BCUT2D eigenvalue weighted by Crippen LogP contribution is 2.23. The van der Waals surface area contributed by atoms with E-state index in [9.17, 15) is 0 Å². The van der Waals surface area contributed by atoms with E-state index in [1.807, 2.05) is 0 Å². The molecule has 1 unspecified atom stereocenters. The molecule has 0 aromatic heterocycles. The molecule has 0 saturated heterocycles. The van der Waals surface area contributed by atoms with Crippen LogP contribution in [0, 0.1) is 5.92 Å². The van der Waals surface area contributed by atoms with E-state index in [1.54, 1.807) is 5.57 Å². The number of nitrogens with two attached hydrogens (primary N) is 1. The minimum absolute atomic E-state index is 0.833. The molecule has 0 aromatic rings. The first-order chi connectivity index (χ1) is 12.8. The summed E-state index contributed by atoms with van der Waals surface area (Å²) in [7, 11) is 0. The topological polar surface area (TPSA) is 38.4 Å². The first-order valence-electron chi connectivity index (χ1n) is 11.6. The molecule has 154 valence electrons. The average Bonchev–Trinajstić information content (AvgIpc) is 2.66. The van der Waals surface area contributed by atoms with Crippen LogP contribution in [0.25, 0.3) is 0 Å². The van der Waals surface area contributed by atoms with Crippen molar-refractivity contribution < 1.29 is 0 Å². The van der Waals surface area contributed by atoms with Crippen LogP contribution in [0.3, 0.4) is 0 Å². The van der Waals surface area contributed by atoms with Crippen molar-refractivity contribution in [1.29, 1.82) is 0 Å². The number of hydrogen-bond donors (Lipinski definition) is 1. The van der Waals surface area contributed by atoms with Crippen molar-refractivity contribution in [2.45, 2.75) is 117 Å². The smallest absolute Gasteiger partial charge is 0.0382 e. The van der Waals surface area contributed by atoms with E-state index in [1.165, 1.54) is 103 Å². The highest BCUT2D eigenvalue weighted by molar-refractivity contribution is 5.22. The van der Waals surface area contributed by atoms with Gasteiger partial charge in [-0.3, -0.25) is 0 Å². The van der Waals surface area contributed by atoms with Crippen LogP contribution in [0.4, 0.5) is 0 Å². The van der Waals surface area contributed by atoms with Gasteiger partial charge >= 0.3 is 0 Å². The Morgan fingerprint density at radius 2 is 1.50 bits per heavy atom. The summed E-state index contributed by atoms with van der Waals surface area (Å²) in [5, 5.41) is 0. The molecule has 0 aromatic carbocycles. The van der Waals surface area contributed by atoms with Crippen molar-refractivity contribution >= 4 is 6.72 Å². The molecule has 0 saturated carbocycles. The van der Waals surface area contributed by atoms with Gasteiger partial charge in [0.2, 0.25) is 0 Å². The maximum absolute atomic E-state index is 5.71. The lowest BCUT2D eigenvalue weighted by Crippen LogP contribution is -2.06. The third kappa shape index (κ3) is 16.8. The maximum Gasteiger partial charge on any atom is 0.0382 e. The van der Waals surface area contributed by atoms with Gasteiger partial charge in [-0.25, -0.2) is 0 Å². The Labute approximate surface area is 165 Å². The van der Waals surface area contributed by atoms with Crippen LogP contribution in [0.15, 0.2) is 16.6 Å². The lowest BCUT2D eigenvalue weighted by Gasteiger charge is -2.16. The third-order valence-corrected chi connectivity index (χ3v) is 5.43. The fourth-order valence-corrected chi connectivity index (χ4v) is 3.75. The zero-order valence-electron chi connectivity index (χ0n) is 18.1. The monoisotopic (exact) mass is 364 g/mol. The highest BCUT2D eigenvalue weighted by atomic mass is 14.7. The number of rotatable bonds is 20. The Hall–Kier alpha value is -0.630. The lowest BCUT2D eigenvalue weighted by molar-refractivity contribution is 0.385. The number of hydrogen-bond acceptors (Lipinski definition) is 2. The van der Waals surface area contributed by atoms with Gasteiger partial charge < -0.3 is 10.7 Å². The molecular formula is C24H48N2. The van der Waals surface area contributed by atoms with Crippen LogP contribution in [-0.4, -0.2) is 19.8 Å². The van der Waals surface area contributed by atoms with Crippen LogP contribution in [0.5, 0.6) is 0 Å². The molecule has 2 nitrogen and oxygen atoms in total. The van der Waals surface area contributed by atoms with Gasteiger partial charge in [0.25, 0.3) is 0 Å². The van der Waals surface area contributed by atoms with Gasteiger partial charge in [-0.1, -0.05) is 70.4 Å². The van der Waals surface area contributed by atoms with Crippen LogP contribution >= 0.6 is 0 Å². The van der Waals surface area contributed by atoms with E-state index >= 15 is 0 Å². The summed E-state index contributed by atoms with van der Waals surface area (Å²) in [6.45, 7) is 9.93. The second-order valence-corrected chi connectivity index (χ2v) is 7.95. The van der Waals surface area contributed by atoms with E-state index in [0.29, 0.717) is 0 Å². The molecule has 0 fully saturated rings. The Balaban J connectivity index is 4.00. The third-order valence-electron chi connectivity index (χ3n) is 5.43. The van der Waals surface area contributed by atoms with E-state index in [0.717, 1.165) is 19.0 Å². The Morgan fingerprint density at radius 1 is 0.846 bits per heavy atom. The van der Waals surface area contributed by atoms with Crippen LogP contribution in [0.1, 0.15) is 117 Å². The summed E-state index contributed by atoms with van der Waals surface area (Å²) in [6, 6.07) is 0. The standard InChI is InChI=1S/C24H48N2/c1-4-6-8-10-16-23(15-7-5-2)17-11-9-12-18-24(19-13-21-25)20-14-22-26-3/h15,24H,3-14,16-22,25H2,1-2H3.